The van der Waals surface area contributed by atoms with Gasteiger partial charge in [-0.25, -0.2) is 0 Å². The SMILES string of the molecule is O=C(Nc1ccc(Cl)cc1)c1nnc([C@@H]2CCCN(C(=O)COc3ccc(Cl)cc3)C2)s1. The second-order valence-corrected chi connectivity index (χ2v) is 9.21. The number of hydrogen-bond donors (Lipinski definition) is 1. The molecule has 1 aliphatic heterocycles. The van der Waals surface area contributed by atoms with Gasteiger partial charge < -0.3 is 15.0 Å². The molecule has 1 N–H and O–H groups in total. The van der Waals surface area contributed by atoms with Crippen molar-refractivity contribution in [3.05, 3.63) is 68.6 Å². The molecule has 7 nitrogen and oxygen atoms in total. The highest BCUT2D eigenvalue weighted by atomic mass is 35.5. The first-order valence-electron chi connectivity index (χ1n) is 10.0. The summed E-state index contributed by atoms with van der Waals surface area (Å²) in [5.41, 5.74) is 0.631. The number of carbonyl (C=O) groups excluding carboxylic acids is 2. The number of halogens is 2. The summed E-state index contributed by atoms with van der Waals surface area (Å²) in [4.78, 5) is 26.9. The molecule has 0 bridgehead atoms. The van der Waals surface area contributed by atoms with Gasteiger partial charge in [-0.05, 0) is 61.4 Å². The molecule has 3 aromatic rings. The zero-order valence-corrected chi connectivity index (χ0v) is 19.3. The third-order valence-electron chi connectivity index (χ3n) is 5.04. The normalized spacial score (nSPS) is 15.9. The second kappa shape index (κ2) is 10.3. The number of piperidine rings is 1. The molecule has 10 heteroatoms. The minimum absolute atomic E-state index is 0.0396. The molecular weight excluding hydrogens is 471 g/mol. The van der Waals surface area contributed by atoms with E-state index in [9.17, 15) is 9.59 Å². The molecule has 0 radical (unpaired) electrons. The summed E-state index contributed by atoms with van der Waals surface area (Å²) in [6, 6.07) is 13.7. The van der Waals surface area contributed by atoms with Crippen molar-refractivity contribution in [3.8, 4) is 5.75 Å². The lowest BCUT2D eigenvalue weighted by Gasteiger charge is -2.31. The first kappa shape index (κ1) is 22.5. The average molecular weight is 491 g/mol. The summed E-state index contributed by atoms with van der Waals surface area (Å²) in [5, 5.41) is 13.3. The van der Waals surface area contributed by atoms with Gasteiger partial charge in [0.1, 0.15) is 10.8 Å². The Morgan fingerprint density at radius 2 is 1.75 bits per heavy atom. The maximum Gasteiger partial charge on any atom is 0.286 e. The van der Waals surface area contributed by atoms with Gasteiger partial charge in [-0.2, -0.15) is 0 Å². The number of aromatic nitrogens is 2. The number of hydrogen-bond acceptors (Lipinski definition) is 6. The quantitative estimate of drug-likeness (QED) is 0.531. The molecule has 1 atom stereocenters. The lowest BCUT2D eigenvalue weighted by atomic mass is 9.99. The fourth-order valence-corrected chi connectivity index (χ4v) is 4.50. The van der Waals surface area contributed by atoms with Crippen molar-refractivity contribution in [2.75, 3.05) is 25.0 Å². The monoisotopic (exact) mass is 490 g/mol. The number of carbonyl (C=O) groups is 2. The molecule has 32 heavy (non-hydrogen) atoms. The van der Waals surface area contributed by atoms with E-state index in [1.54, 1.807) is 53.4 Å². The van der Waals surface area contributed by atoms with Crippen molar-refractivity contribution in [2.24, 2.45) is 0 Å². The summed E-state index contributed by atoms with van der Waals surface area (Å²) >= 11 is 13.0. The molecule has 1 aromatic heterocycles. The molecule has 0 spiro atoms. The van der Waals surface area contributed by atoms with Crippen LogP contribution in [0.1, 0.15) is 33.6 Å². The highest BCUT2D eigenvalue weighted by molar-refractivity contribution is 7.13. The Morgan fingerprint density at radius 3 is 2.47 bits per heavy atom. The molecule has 0 aliphatic carbocycles. The Labute approximate surface area is 199 Å². The summed E-state index contributed by atoms with van der Waals surface area (Å²) in [6.07, 6.45) is 1.73. The van der Waals surface area contributed by atoms with Crippen LogP contribution in [0.5, 0.6) is 5.75 Å². The summed E-state index contributed by atoms with van der Waals surface area (Å²) in [6.45, 7) is 1.15. The topological polar surface area (TPSA) is 84.4 Å². The van der Waals surface area contributed by atoms with Crippen LogP contribution in [0.25, 0.3) is 0 Å². The van der Waals surface area contributed by atoms with Gasteiger partial charge in [0, 0.05) is 34.7 Å². The molecule has 1 saturated heterocycles. The van der Waals surface area contributed by atoms with E-state index in [1.165, 1.54) is 11.3 Å². The van der Waals surface area contributed by atoms with Crippen LogP contribution < -0.4 is 10.1 Å². The number of likely N-dealkylation sites (tertiary alicyclic amines) is 1. The molecular formula is C22H20Cl2N4O3S. The van der Waals surface area contributed by atoms with Crippen LogP contribution >= 0.6 is 34.5 Å². The van der Waals surface area contributed by atoms with Gasteiger partial charge in [-0.1, -0.05) is 34.5 Å². The van der Waals surface area contributed by atoms with Crippen LogP contribution in [-0.2, 0) is 4.79 Å². The van der Waals surface area contributed by atoms with Crippen molar-refractivity contribution < 1.29 is 14.3 Å². The van der Waals surface area contributed by atoms with E-state index < -0.39 is 0 Å². The van der Waals surface area contributed by atoms with E-state index in [1.807, 2.05) is 0 Å². The van der Waals surface area contributed by atoms with E-state index in [0.717, 1.165) is 17.8 Å². The van der Waals surface area contributed by atoms with Crippen LogP contribution in [0, 0.1) is 0 Å². The van der Waals surface area contributed by atoms with Crippen LogP contribution in [0.15, 0.2) is 48.5 Å². The number of rotatable bonds is 6. The number of ether oxygens (including phenoxy) is 1. The number of benzene rings is 2. The van der Waals surface area contributed by atoms with Gasteiger partial charge in [-0.3, -0.25) is 9.59 Å². The molecule has 166 valence electrons. The Balaban J connectivity index is 1.33. The van der Waals surface area contributed by atoms with E-state index in [-0.39, 0.29) is 29.3 Å². The Morgan fingerprint density at radius 1 is 1.06 bits per heavy atom. The minimum atomic E-state index is -0.323. The van der Waals surface area contributed by atoms with E-state index in [0.29, 0.717) is 34.6 Å². The molecule has 4 rings (SSSR count). The third-order valence-corrected chi connectivity index (χ3v) is 6.62. The highest BCUT2D eigenvalue weighted by Gasteiger charge is 2.28. The fourth-order valence-electron chi connectivity index (χ4n) is 3.38. The van der Waals surface area contributed by atoms with Gasteiger partial charge in [0.25, 0.3) is 11.8 Å². The number of amides is 2. The van der Waals surface area contributed by atoms with Crippen molar-refractivity contribution in [2.45, 2.75) is 18.8 Å². The predicted molar refractivity (Wildman–Crippen MR) is 125 cm³/mol. The maximum atomic E-state index is 12.6. The molecule has 0 unspecified atom stereocenters. The smallest absolute Gasteiger partial charge is 0.286 e. The lowest BCUT2D eigenvalue weighted by molar-refractivity contribution is -0.134. The van der Waals surface area contributed by atoms with Crippen LogP contribution in [0.2, 0.25) is 10.0 Å². The van der Waals surface area contributed by atoms with Gasteiger partial charge >= 0.3 is 0 Å². The molecule has 2 amide bonds. The third kappa shape index (κ3) is 5.76. The molecule has 2 heterocycles. The van der Waals surface area contributed by atoms with Crippen molar-refractivity contribution in [1.82, 2.24) is 15.1 Å². The number of nitrogens with one attached hydrogen (secondary N) is 1. The summed E-state index contributed by atoms with van der Waals surface area (Å²) in [7, 11) is 0. The standard InChI is InChI=1S/C22H20Cl2N4O3S/c23-15-3-7-17(8-4-15)25-20(30)22-27-26-21(32-22)14-2-1-11-28(12-14)19(29)13-31-18-9-5-16(24)6-10-18/h3-10,14H,1-2,11-13H2,(H,25,30)/t14-/m1/s1. The van der Waals surface area contributed by atoms with Gasteiger partial charge in [0.15, 0.2) is 6.61 Å². The highest BCUT2D eigenvalue weighted by Crippen LogP contribution is 2.29. The molecule has 0 saturated carbocycles. The van der Waals surface area contributed by atoms with Gasteiger partial charge in [0.05, 0.1) is 0 Å². The van der Waals surface area contributed by atoms with Crippen molar-refractivity contribution in [3.63, 3.8) is 0 Å². The second-order valence-electron chi connectivity index (χ2n) is 7.33. The summed E-state index contributed by atoms with van der Waals surface area (Å²) < 4.78 is 5.58. The predicted octanol–water partition coefficient (Wildman–Crippen LogP) is 4.88. The number of anilines is 1. The van der Waals surface area contributed by atoms with E-state index in [2.05, 4.69) is 15.5 Å². The zero-order valence-electron chi connectivity index (χ0n) is 17.0. The van der Waals surface area contributed by atoms with E-state index >= 15 is 0 Å². The van der Waals surface area contributed by atoms with Gasteiger partial charge in [0.2, 0.25) is 5.01 Å². The minimum Gasteiger partial charge on any atom is -0.484 e. The first-order valence-corrected chi connectivity index (χ1v) is 11.6. The van der Waals surface area contributed by atoms with Crippen LogP contribution in [0.4, 0.5) is 5.69 Å². The lowest BCUT2D eigenvalue weighted by Crippen LogP contribution is -2.41. The molecule has 2 aromatic carbocycles. The Kier molecular flexibility index (Phi) is 7.24. The summed E-state index contributed by atoms with van der Waals surface area (Å²) in [5.74, 6) is 0.223. The largest absolute Gasteiger partial charge is 0.484 e. The fraction of sp³-hybridized carbons (Fsp3) is 0.273. The average Bonchev–Trinajstić information content (AvgIpc) is 3.31. The molecule has 1 fully saturated rings. The Bertz CT molecular complexity index is 1090. The van der Waals surface area contributed by atoms with Crippen molar-refractivity contribution in [1.29, 1.82) is 0 Å². The molecule has 1 aliphatic rings. The van der Waals surface area contributed by atoms with Gasteiger partial charge in [-0.15, -0.1) is 10.2 Å². The Hall–Kier alpha value is -2.68. The van der Waals surface area contributed by atoms with Crippen molar-refractivity contribution >= 4 is 52.0 Å². The van der Waals surface area contributed by atoms with E-state index in [4.69, 9.17) is 27.9 Å². The first-order chi connectivity index (χ1) is 15.5. The zero-order chi connectivity index (χ0) is 22.5. The van der Waals surface area contributed by atoms with Crippen LogP contribution in [-0.4, -0.2) is 46.6 Å². The maximum absolute atomic E-state index is 12.6. The number of nitrogens with zero attached hydrogens (tertiary/aromatic N) is 3. The van der Waals surface area contributed by atoms with Crippen LogP contribution in [0.3, 0.4) is 0 Å².